The van der Waals surface area contributed by atoms with Crippen molar-refractivity contribution in [1.82, 2.24) is 0 Å². The molecule has 0 unspecified atom stereocenters. The van der Waals surface area contributed by atoms with Crippen LogP contribution in [-0.2, 0) is 9.16 Å². The first-order chi connectivity index (χ1) is 4.66. The Balaban J connectivity index is 3.28. The number of hydrogen-bond acceptors (Lipinski definition) is 2. The van der Waals surface area contributed by atoms with Crippen LogP contribution >= 0.6 is 0 Å². The van der Waals surface area contributed by atoms with Crippen LogP contribution in [0.25, 0.3) is 0 Å². The van der Waals surface area contributed by atoms with Gasteiger partial charge in [-0.2, -0.15) is 0 Å². The van der Waals surface area contributed by atoms with E-state index in [2.05, 4.69) is 29.1 Å². The van der Waals surface area contributed by atoms with Crippen molar-refractivity contribution in [2.24, 2.45) is 0 Å². The molecule has 0 radical (unpaired) electrons. The van der Waals surface area contributed by atoms with Crippen LogP contribution in [0.4, 0.5) is 0 Å². The lowest BCUT2D eigenvalue weighted by Gasteiger charge is -1.97. The Morgan fingerprint density at radius 1 is 1.50 bits per heavy atom. The molecule has 0 aliphatic carbocycles. The minimum absolute atomic E-state index is 0.295. The zero-order valence-electron chi connectivity index (χ0n) is 5.80. The van der Waals surface area contributed by atoms with Crippen molar-refractivity contribution in [3.05, 3.63) is 24.9 Å². The average Bonchev–Trinajstić information content (AvgIpc) is 1.87. The summed E-state index contributed by atoms with van der Waals surface area (Å²) in [6, 6.07) is 0. The molecule has 56 valence electrons. The minimum atomic E-state index is -0.295. The van der Waals surface area contributed by atoms with Crippen LogP contribution in [0.15, 0.2) is 24.9 Å². The van der Waals surface area contributed by atoms with Crippen molar-refractivity contribution in [1.29, 1.82) is 0 Å². The third-order valence-corrected chi connectivity index (χ3v) is 0.854. The maximum Gasteiger partial charge on any atom is 0.324 e. The van der Waals surface area contributed by atoms with Gasteiger partial charge in [0.1, 0.15) is 6.61 Å². The topological polar surface area (TPSA) is 40.8 Å². The van der Waals surface area contributed by atoms with E-state index < -0.39 is 0 Å². The fourth-order valence-electron chi connectivity index (χ4n) is 0.355. The van der Waals surface area contributed by atoms with Crippen molar-refractivity contribution in [2.75, 3.05) is 6.61 Å². The molecule has 0 amide bonds. The smallest absolute Gasteiger partial charge is 0.324 e. The summed E-state index contributed by atoms with van der Waals surface area (Å²) in [6.07, 6.45) is 0.503. The molecule has 0 saturated carbocycles. The van der Waals surface area contributed by atoms with Gasteiger partial charge in [-0.15, -0.1) is 0 Å². The van der Waals surface area contributed by atoms with Gasteiger partial charge in [-0.3, -0.25) is 0 Å². The van der Waals surface area contributed by atoms with Crippen molar-refractivity contribution in [3.63, 3.8) is 0 Å². The van der Waals surface area contributed by atoms with Gasteiger partial charge in [0.25, 0.3) is 12.7 Å². The van der Waals surface area contributed by atoms with E-state index in [1.54, 1.807) is 0 Å². The summed E-state index contributed by atoms with van der Waals surface area (Å²) in [5.74, 6) is 0.220. The largest absolute Gasteiger partial charge is 0.481 e. The Bertz CT molecular complexity index is 149. The monoisotopic (exact) mass is 143 g/mol. The summed E-state index contributed by atoms with van der Waals surface area (Å²) in [6.45, 7) is 10.1. The quantitative estimate of drug-likeness (QED) is 0.465. The van der Waals surface area contributed by atoms with Crippen LogP contribution in [0.1, 0.15) is 6.42 Å². The molecule has 0 aromatic rings. The number of carbonyl (C=O) groups excluding carboxylic acids is 1. The summed E-state index contributed by atoms with van der Waals surface area (Å²) in [5, 5.41) is 8.44. The van der Waals surface area contributed by atoms with E-state index in [1.165, 1.54) is 0 Å². The second kappa shape index (κ2) is 4.61. The van der Waals surface area contributed by atoms with Crippen LogP contribution in [0.2, 0.25) is 0 Å². The first-order valence-electron chi connectivity index (χ1n) is 2.77. The first-order valence-corrected chi connectivity index (χ1v) is 2.77. The molecule has 10 heavy (non-hydrogen) atoms. The third kappa shape index (κ3) is 4.90. The number of rotatable bonds is 5. The predicted octanol–water partition coefficient (Wildman–Crippen LogP) is 1.30. The molecule has 0 heterocycles. The fourth-order valence-corrected chi connectivity index (χ4v) is 0.355. The molecule has 0 aromatic heterocycles. The molecule has 0 aliphatic heterocycles. The van der Waals surface area contributed by atoms with Gasteiger partial charge in [0, 0.05) is 6.58 Å². The first kappa shape index (κ1) is 8.75. The number of hydrogen-bond donors (Lipinski definition) is 1. The normalized spacial score (nSPS) is 8.40. The van der Waals surface area contributed by atoms with Gasteiger partial charge >= 0.3 is 5.76 Å². The maximum absolute atomic E-state index is 8.44. The van der Waals surface area contributed by atoms with Crippen LogP contribution in [0.5, 0.6) is 0 Å². The molecule has 0 aromatic carbocycles. The van der Waals surface area contributed by atoms with Crippen molar-refractivity contribution in [3.8, 4) is 0 Å². The average molecular weight is 143 g/mol. The van der Waals surface area contributed by atoms with Gasteiger partial charge in [-0.1, -0.05) is 0 Å². The highest BCUT2D eigenvalue weighted by Crippen LogP contribution is 1.96. The molecule has 3 nitrogen and oxygen atoms in total. The van der Waals surface area contributed by atoms with Crippen molar-refractivity contribution >= 4 is 6.79 Å². The molecule has 0 saturated heterocycles. The standard InChI is InChI=1S/C7H10O3/c1-6(9-3)4-5-10-7(2)8/h1-5H2/p+1. The fraction of sp³-hybridized carbons (Fsp3) is 0.286. The number of aliphatic hydroxyl groups is 1. The summed E-state index contributed by atoms with van der Waals surface area (Å²) in [5.41, 5.74) is 0. The van der Waals surface area contributed by atoms with Crippen LogP contribution in [0.3, 0.4) is 0 Å². The van der Waals surface area contributed by atoms with Crippen molar-refractivity contribution < 1.29 is 14.3 Å². The zero-order chi connectivity index (χ0) is 7.98. The SMILES string of the molecule is C=[O+]C(=C)CCOC(=C)O. The van der Waals surface area contributed by atoms with Gasteiger partial charge in [0.2, 0.25) is 0 Å². The lowest BCUT2D eigenvalue weighted by Crippen LogP contribution is -1.94. The van der Waals surface area contributed by atoms with E-state index in [1.807, 2.05) is 0 Å². The number of ether oxygens (including phenoxy) is 1. The van der Waals surface area contributed by atoms with E-state index >= 15 is 0 Å². The Morgan fingerprint density at radius 3 is 2.50 bits per heavy atom. The Morgan fingerprint density at radius 2 is 2.10 bits per heavy atom. The molecular weight excluding hydrogens is 132 g/mol. The second-order valence-corrected chi connectivity index (χ2v) is 1.68. The van der Waals surface area contributed by atoms with Gasteiger partial charge in [0.05, 0.1) is 6.42 Å². The highest BCUT2D eigenvalue weighted by Gasteiger charge is 2.00. The molecule has 1 N–H and O–H groups in total. The zero-order valence-corrected chi connectivity index (χ0v) is 5.80. The molecule has 0 fully saturated rings. The van der Waals surface area contributed by atoms with E-state index in [-0.39, 0.29) is 5.95 Å². The molecule has 0 atom stereocenters. The van der Waals surface area contributed by atoms with Gasteiger partial charge < -0.3 is 9.84 Å². The van der Waals surface area contributed by atoms with Gasteiger partial charge in [0.15, 0.2) is 0 Å². The Labute approximate surface area is 59.9 Å². The Hall–Kier alpha value is -1.25. The van der Waals surface area contributed by atoms with Crippen LogP contribution in [-0.4, -0.2) is 18.5 Å². The summed E-state index contributed by atoms with van der Waals surface area (Å²) in [7, 11) is 0. The molecule has 3 heteroatoms. The van der Waals surface area contributed by atoms with E-state index in [0.29, 0.717) is 18.8 Å². The van der Waals surface area contributed by atoms with Crippen LogP contribution in [0, 0.1) is 0 Å². The van der Waals surface area contributed by atoms with E-state index in [4.69, 9.17) is 5.11 Å². The molecule has 0 bridgehead atoms. The van der Waals surface area contributed by atoms with Crippen molar-refractivity contribution in [2.45, 2.75) is 6.42 Å². The minimum Gasteiger partial charge on any atom is -0.481 e. The lowest BCUT2D eigenvalue weighted by molar-refractivity contribution is -0.389. The summed E-state index contributed by atoms with van der Waals surface area (Å²) >= 11 is 0. The van der Waals surface area contributed by atoms with E-state index in [9.17, 15) is 0 Å². The Kier molecular flexibility index (Phi) is 4.04. The second-order valence-electron chi connectivity index (χ2n) is 1.68. The molecule has 0 aliphatic rings. The maximum atomic E-state index is 8.44. The highest BCUT2D eigenvalue weighted by atomic mass is 16.6. The molecule has 0 rings (SSSR count). The van der Waals surface area contributed by atoms with E-state index in [0.717, 1.165) is 0 Å². The van der Waals surface area contributed by atoms with Gasteiger partial charge in [-0.25, -0.2) is 4.42 Å². The molecule has 0 spiro atoms. The third-order valence-electron chi connectivity index (χ3n) is 0.854. The number of aliphatic hydroxyl groups excluding tert-OH is 1. The lowest BCUT2D eigenvalue weighted by atomic mass is 10.4. The highest BCUT2D eigenvalue weighted by molar-refractivity contribution is 5.13. The summed E-state index contributed by atoms with van der Waals surface area (Å²) in [4.78, 5) is 0. The predicted molar refractivity (Wildman–Crippen MR) is 38.6 cm³/mol. The van der Waals surface area contributed by atoms with Crippen LogP contribution < -0.4 is 0 Å². The summed E-state index contributed by atoms with van der Waals surface area (Å²) < 4.78 is 9.10. The van der Waals surface area contributed by atoms with Gasteiger partial charge in [-0.05, 0) is 6.58 Å². The molecular formula is C7H11O3+.